The number of aryl methyl sites for hydroxylation is 1. The first-order chi connectivity index (χ1) is 16.6. The van der Waals surface area contributed by atoms with Crippen molar-refractivity contribution in [3.05, 3.63) is 101 Å². The number of hydrogen-bond donors (Lipinski definition) is 0. The second kappa shape index (κ2) is 9.53. The molecular weight excluding hydrogens is 428 g/mol. The van der Waals surface area contributed by atoms with E-state index in [1.54, 1.807) is 28.0 Å². The lowest BCUT2D eigenvalue weighted by Gasteiger charge is -2.30. The number of rotatable bonds is 4. The molecule has 2 aliphatic rings. The van der Waals surface area contributed by atoms with Crippen LogP contribution in [0.4, 0.5) is 5.69 Å². The van der Waals surface area contributed by atoms with Crippen molar-refractivity contribution in [2.45, 2.75) is 13.5 Å². The number of nitrogens with zero attached hydrogens (tertiary/aromatic N) is 2. The Morgan fingerprint density at radius 3 is 2.50 bits per heavy atom. The largest absolute Gasteiger partial charge is 0.449 e. The summed E-state index contributed by atoms with van der Waals surface area (Å²) in [5.74, 6) is 0.679. The Kier molecular flexibility index (Phi) is 6.14. The molecule has 0 spiro atoms. The number of ether oxygens (including phenoxy) is 2. The molecule has 0 aromatic heterocycles. The average molecular weight is 455 g/mol. The molecule has 2 aliphatic heterocycles. The number of benzene rings is 3. The van der Waals surface area contributed by atoms with Crippen molar-refractivity contribution in [3.8, 4) is 5.75 Å². The Labute approximate surface area is 199 Å². The molecule has 0 saturated carbocycles. The van der Waals surface area contributed by atoms with Crippen LogP contribution in [-0.4, -0.2) is 43.0 Å². The van der Waals surface area contributed by atoms with Gasteiger partial charge in [-0.15, -0.1) is 0 Å². The minimum absolute atomic E-state index is 0.00856. The lowest BCUT2D eigenvalue weighted by atomic mass is 10.1. The number of hydrogen-bond acceptors (Lipinski definition) is 4. The van der Waals surface area contributed by atoms with Crippen molar-refractivity contribution in [1.29, 1.82) is 0 Å². The van der Waals surface area contributed by atoms with Crippen LogP contribution in [-0.2, 0) is 16.1 Å². The summed E-state index contributed by atoms with van der Waals surface area (Å²) in [5.41, 5.74) is 4.35. The van der Waals surface area contributed by atoms with Crippen molar-refractivity contribution in [3.63, 3.8) is 0 Å². The van der Waals surface area contributed by atoms with Gasteiger partial charge in [-0.2, -0.15) is 0 Å². The molecule has 34 heavy (non-hydrogen) atoms. The highest BCUT2D eigenvalue weighted by Crippen LogP contribution is 2.36. The Bertz CT molecular complexity index is 1240. The summed E-state index contributed by atoms with van der Waals surface area (Å²) in [6.07, 6.45) is 1.73. The first-order valence-corrected chi connectivity index (χ1v) is 11.4. The van der Waals surface area contributed by atoms with E-state index in [4.69, 9.17) is 9.47 Å². The van der Waals surface area contributed by atoms with E-state index < -0.39 is 0 Å². The first-order valence-electron chi connectivity index (χ1n) is 11.4. The molecule has 3 aromatic rings. The topological polar surface area (TPSA) is 59.1 Å². The highest BCUT2D eigenvalue weighted by Gasteiger charge is 2.30. The molecule has 6 heteroatoms. The maximum absolute atomic E-state index is 13.4. The molecule has 0 unspecified atom stereocenters. The highest BCUT2D eigenvalue weighted by molar-refractivity contribution is 6.09. The minimum Gasteiger partial charge on any atom is -0.449 e. The number of anilines is 1. The molecule has 5 rings (SSSR count). The standard InChI is InChI=1S/C28H26N2O4/c1-20-5-4-6-22(17-20)19-30-24-7-2-3-8-25(24)34-26(28(30)32)18-21-9-11-23(12-10-21)27(31)29-13-15-33-16-14-29/h2-12,17-18H,13-16,19H2,1H3/b26-18+. The molecule has 172 valence electrons. The van der Waals surface area contributed by atoms with Crippen LogP contribution in [0.1, 0.15) is 27.0 Å². The van der Waals surface area contributed by atoms with Crippen LogP contribution in [0.15, 0.2) is 78.6 Å². The number of morpholine rings is 1. The van der Waals surface area contributed by atoms with Gasteiger partial charge in [0.25, 0.3) is 11.8 Å². The summed E-state index contributed by atoms with van der Waals surface area (Å²) in [5, 5.41) is 0. The van der Waals surface area contributed by atoms with Gasteiger partial charge < -0.3 is 14.4 Å². The molecule has 1 fully saturated rings. The van der Waals surface area contributed by atoms with Gasteiger partial charge >= 0.3 is 0 Å². The van der Waals surface area contributed by atoms with Crippen LogP contribution in [0, 0.1) is 6.92 Å². The molecule has 0 aliphatic carbocycles. The first kappa shape index (κ1) is 21.9. The van der Waals surface area contributed by atoms with Crippen LogP contribution >= 0.6 is 0 Å². The third kappa shape index (κ3) is 4.58. The maximum atomic E-state index is 13.4. The lowest BCUT2D eigenvalue weighted by molar-refractivity contribution is -0.117. The van der Waals surface area contributed by atoms with Crippen molar-refractivity contribution in [2.75, 3.05) is 31.2 Å². The van der Waals surface area contributed by atoms with Crippen molar-refractivity contribution < 1.29 is 19.1 Å². The van der Waals surface area contributed by atoms with Gasteiger partial charge in [-0.25, -0.2) is 0 Å². The highest BCUT2D eigenvalue weighted by atomic mass is 16.5. The summed E-state index contributed by atoms with van der Waals surface area (Å²) in [4.78, 5) is 29.7. The third-order valence-corrected chi connectivity index (χ3v) is 6.01. The number of fused-ring (bicyclic) bond motifs is 1. The van der Waals surface area contributed by atoms with Crippen molar-refractivity contribution in [1.82, 2.24) is 4.90 Å². The zero-order chi connectivity index (χ0) is 23.5. The second-order valence-corrected chi connectivity index (χ2v) is 8.49. The van der Waals surface area contributed by atoms with E-state index in [0.717, 1.165) is 22.4 Å². The van der Waals surface area contributed by atoms with E-state index >= 15 is 0 Å². The van der Waals surface area contributed by atoms with Gasteiger partial charge in [0.1, 0.15) is 0 Å². The van der Waals surface area contributed by atoms with E-state index in [0.29, 0.717) is 44.2 Å². The summed E-state index contributed by atoms with van der Waals surface area (Å²) in [7, 11) is 0. The molecule has 0 N–H and O–H groups in total. The molecule has 1 saturated heterocycles. The van der Waals surface area contributed by atoms with Crippen LogP contribution in [0.5, 0.6) is 5.75 Å². The number of carbonyl (C=O) groups is 2. The van der Waals surface area contributed by atoms with Crippen LogP contribution in [0.25, 0.3) is 6.08 Å². The Morgan fingerprint density at radius 1 is 0.971 bits per heavy atom. The van der Waals surface area contributed by atoms with Gasteiger partial charge in [-0.1, -0.05) is 54.1 Å². The summed E-state index contributed by atoms with van der Waals surface area (Å²) in [6, 6.07) is 22.9. The van der Waals surface area contributed by atoms with Crippen molar-refractivity contribution in [2.24, 2.45) is 0 Å². The molecule has 2 amide bonds. The fourth-order valence-electron chi connectivity index (χ4n) is 4.23. The van der Waals surface area contributed by atoms with Crippen molar-refractivity contribution >= 4 is 23.6 Å². The average Bonchev–Trinajstić information content (AvgIpc) is 2.87. The molecule has 0 radical (unpaired) electrons. The summed E-state index contributed by atoms with van der Waals surface area (Å²) < 4.78 is 11.3. The van der Waals surface area contributed by atoms with Gasteiger partial charge in [0.15, 0.2) is 11.5 Å². The molecule has 3 aromatic carbocycles. The SMILES string of the molecule is Cc1cccc(CN2C(=O)/C(=C\c3ccc(C(=O)N4CCOCC4)cc3)Oc3ccccc32)c1. The fraction of sp³-hybridized carbons (Fsp3) is 0.214. The normalized spacial score (nSPS) is 16.9. The third-order valence-electron chi connectivity index (χ3n) is 6.01. The molecule has 0 atom stereocenters. The Morgan fingerprint density at radius 2 is 1.74 bits per heavy atom. The quantitative estimate of drug-likeness (QED) is 0.547. The van der Waals surface area contributed by atoms with Gasteiger partial charge in [-0.3, -0.25) is 14.5 Å². The molecule has 0 bridgehead atoms. The minimum atomic E-state index is -0.200. The fourth-order valence-corrected chi connectivity index (χ4v) is 4.23. The Balaban J connectivity index is 1.40. The van der Waals surface area contributed by atoms with Crippen LogP contribution < -0.4 is 9.64 Å². The number of para-hydroxylation sites is 2. The van der Waals surface area contributed by atoms with Gasteiger partial charge in [0, 0.05) is 18.7 Å². The summed E-state index contributed by atoms with van der Waals surface area (Å²) in [6.45, 7) is 4.82. The zero-order valence-electron chi connectivity index (χ0n) is 19.1. The predicted molar refractivity (Wildman–Crippen MR) is 131 cm³/mol. The van der Waals surface area contributed by atoms with Crippen LogP contribution in [0.3, 0.4) is 0 Å². The smallest absolute Gasteiger partial charge is 0.294 e. The Hall–Kier alpha value is -3.90. The van der Waals surface area contributed by atoms with Gasteiger partial charge in [-0.05, 0) is 48.4 Å². The van der Waals surface area contributed by atoms with Gasteiger partial charge in [0.05, 0.1) is 25.4 Å². The molecular formula is C28H26N2O4. The van der Waals surface area contributed by atoms with E-state index in [2.05, 4.69) is 6.07 Å². The van der Waals surface area contributed by atoms with Crippen LogP contribution in [0.2, 0.25) is 0 Å². The van der Waals surface area contributed by atoms with E-state index in [-0.39, 0.29) is 17.6 Å². The molecule has 2 heterocycles. The lowest BCUT2D eigenvalue weighted by Crippen LogP contribution is -2.40. The van der Waals surface area contributed by atoms with E-state index in [1.165, 1.54) is 0 Å². The monoisotopic (exact) mass is 454 g/mol. The second-order valence-electron chi connectivity index (χ2n) is 8.49. The molecule has 6 nitrogen and oxygen atoms in total. The maximum Gasteiger partial charge on any atom is 0.294 e. The zero-order valence-corrected chi connectivity index (χ0v) is 19.1. The van der Waals surface area contributed by atoms with E-state index in [9.17, 15) is 9.59 Å². The van der Waals surface area contributed by atoms with E-state index in [1.807, 2.05) is 61.5 Å². The predicted octanol–water partition coefficient (Wildman–Crippen LogP) is 4.43. The number of carbonyl (C=O) groups excluding carboxylic acids is 2. The van der Waals surface area contributed by atoms with Gasteiger partial charge in [0.2, 0.25) is 0 Å². The number of amides is 2. The summed E-state index contributed by atoms with van der Waals surface area (Å²) >= 11 is 0.